The number of ether oxygens (including phenoxy) is 1. The third kappa shape index (κ3) is 2.84. The van der Waals surface area contributed by atoms with E-state index in [1.54, 1.807) is 36.8 Å². The number of pyridine rings is 3. The minimum atomic E-state index is -0.677. The van der Waals surface area contributed by atoms with Gasteiger partial charge in [0.25, 0.3) is 5.56 Å². The number of hydrogen-bond acceptors (Lipinski definition) is 6. The zero-order valence-corrected chi connectivity index (χ0v) is 15.3. The van der Waals surface area contributed by atoms with E-state index in [4.69, 9.17) is 10.1 Å². The van der Waals surface area contributed by atoms with Crippen LogP contribution in [-0.4, -0.2) is 32.0 Å². The normalized spacial score (nSPS) is 11.1. The van der Waals surface area contributed by atoms with E-state index in [0.29, 0.717) is 11.3 Å². The van der Waals surface area contributed by atoms with Gasteiger partial charge in [0.05, 0.1) is 19.0 Å². The van der Waals surface area contributed by atoms with Gasteiger partial charge in [-0.15, -0.1) is 0 Å². The predicted molar refractivity (Wildman–Crippen MR) is 102 cm³/mol. The summed E-state index contributed by atoms with van der Waals surface area (Å²) in [6.07, 6.45) is 4.99. The van der Waals surface area contributed by atoms with Crippen LogP contribution in [0.15, 0.2) is 53.7 Å². The molecular weight excluding hydrogens is 358 g/mol. The number of fused-ring (bicyclic) bond motifs is 2. The topological polar surface area (TPSA) is 102 Å². The van der Waals surface area contributed by atoms with Gasteiger partial charge in [-0.05, 0) is 42.3 Å². The highest BCUT2D eigenvalue weighted by Gasteiger charge is 2.18. The van der Waals surface area contributed by atoms with Crippen molar-refractivity contribution in [2.75, 3.05) is 7.11 Å². The van der Waals surface area contributed by atoms with Crippen molar-refractivity contribution < 1.29 is 9.53 Å². The highest BCUT2D eigenvalue weighted by Crippen LogP contribution is 2.13. The highest BCUT2D eigenvalue weighted by molar-refractivity contribution is 5.93. The van der Waals surface area contributed by atoms with Crippen molar-refractivity contribution in [3.63, 3.8) is 0 Å². The molecule has 0 spiro atoms. The van der Waals surface area contributed by atoms with Crippen LogP contribution in [0, 0.1) is 12.3 Å². The van der Waals surface area contributed by atoms with Crippen LogP contribution >= 0.6 is 0 Å². The van der Waals surface area contributed by atoms with Crippen molar-refractivity contribution in [1.82, 2.24) is 18.9 Å². The summed E-state index contributed by atoms with van der Waals surface area (Å²) in [5.74, 6) is -0.677. The lowest BCUT2D eigenvalue weighted by atomic mass is 10.2. The second-order valence-corrected chi connectivity index (χ2v) is 6.43. The van der Waals surface area contributed by atoms with E-state index in [9.17, 15) is 9.59 Å². The Balaban J connectivity index is 2.12. The summed E-state index contributed by atoms with van der Waals surface area (Å²) < 4.78 is 7.79. The summed E-state index contributed by atoms with van der Waals surface area (Å²) in [6.45, 7) is 2.14. The fourth-order valence-electron chi connectivity index (χ4n) is 3.13. The molecule has 0 aromatic carbocycles. The average molecular weight is 375 g/mol. The summed E-state index contributed by atoms with van der Waals surface area (Å²) in [5.41, 5.74) is 2.21. The molecule has 0 saturated carbocycles. The minimum Gasteiger partial charge on any atom is -0.465 e. The third-order valence-corrected chi connectivity index (χ3v) is 4.55. The van der Waals surface area contributed by atoms with Crippen molar-refractivity contribution in [3.05, 3.63) is 81.5 Å². The molecule has 0 aliphatic rings. The zero-order valence-electron chi connectivity index (χ0n) is 15.3. The molecule has 8 heteroatoms. The second-order valence-electron chi connectivity index (χ2n) is 6.43. The first-order chi connectivity index (χ1) is 13.5. The van der Waals surface area contributed by atoms with Gasteiger partial charge in [0.1, 0.15) is 22.3 Å². The Kier molecular flexibility index (Phi) is 4.23. The van der Waals surface area contributed by atoms with Crippen LogP contribution in [0.1, 0.15) is 21.5 Å². The SMILES string of the molecule is COC(=O)c1cc2c(=O)n3cc(C)ccc3nc2n(Cc2ccncc2)c1=N. The van der Waals surface area contributed by atoms with Crippen LogP contribution in [0.3, 0.4) is 0 Å². The van der Waals surface area contributed by atoms with Crippen LogP contribution in [0.25, 0.3) is 16.7 Å². The fraction of sp³-hybridized carbons (Fsp3) is 0.150. The molecule has 0 aliphatic carbocycles. The Hall–Kier alpha value is -3.81. The number of esters is 1. The Labute approximate surface area is 159 Å². The standard InChI is InChI=1S/C20H17N5O3/c1-12-3-4-16-23-18-15(19(26)24(16)10-12)9-14(20(27)28-2)17(21)25(18)11-13-5-7-22-8-6-13/h3-10,21H,11H2,1-2H3. The molecule has 0 unspecified atom stereocenters. The maximum absolute atomic E-state index is 13.1. The molecule has 28 heavy (non-hydrogen) atoms. The summed E-state index contributed by atoms with van der Waals surface area (Å²) in [6, 6.07) is 8.62. The Morgan fingerprint density at radius 2 is 1.96 bits per heavy atom. The quantitative estimate of drug-likeness (QED) is 0.433. The maximum atomic E-state index is 13.1. The number of rotatable bonds is 3. The number of nitrogens with zero attached hydrogens (tertiary/aromatic N) is 4. The number of aromatic nitrogens is 4. The molecule has 4 aromatic rings. The number of carbonyl (C=O) groups is 1. The van der Waals surface area contributed by atoms with Crippen LogP contribution in [0.5, 0.6) is 0 Å². The van der Waals surface area contributed by atoms with Gasteiger partial charge in [0.15, 0.2) is 0 Å². The van der Waals surface area contributed by atoms with E-state index in [-0.39, 0.29) is 28.5 Å². The number of nitrogens with one attached hydrogen (secondary N) is 1. The monoisotopic (exact) mass is 375 g/mol. The van der Waals surface area contributed by atoms with Gasteiger partial charge in [-0.3, -0.25) is 19.6 Å². The van der Waals surface area contributed by atoms with Gasteiger partial charge >= 0.3 is 5.97 Å². The van der Waals surface area contributed by atoms with E-state index >= 15 is 0 Å². The molecule has 0 saturated heterocycles. The molecule has 0 aliphatic heterocycles. The molecule has 4 heterocycles. The summed E-state index contributed by atoms with van der Waals surface area (Å²) in [4.78, 5) is 33.9. The van der Waals surface area contributed by atoms with E-state index in [0.717, 1.165) is 11.1 Å². The highest BCUT2D eigenvalue weighted by atomic mass is 16.5. The average Bonchev–Trinajstić information content (AvgIpc) is 2.71. The van der Waals surface area contributed by atoms with E-state index < -0.39 is 5.97 Å². The van der Waals surface area contributed by atoms with Gasteiger partial charge in [0, 0.05) is 18.6 Å². The van der Waals surface area contributed by atoms with E-state index in [1.165, 1.54) is 22.1 Å². The van der Waals surface area contributed by atoms with Crippen molar-refractivity contribution in [2.45, 2.75) is 13.5 Å². The lowest BCUT2D eigenvalue weighted by Crippen LogP contribution is -2.31. The number of aryl methyl sites for hydroxylation is 1. The fourth-order valence-corrected chi connectivity index (χ4v) is 3.13. The van der Waals surface area contributed by atoms with E-state index in [1.807, 2.05) is 13.0 Å². The lowest BCUT2D eigenvalue weighted by molar-refractivity contribution is 0.0597. The maximum Gasteiger partial charge on any atom is 0.341 e. The van der Waals surface area contributed by atoms with Crippen LogP contribution in [0.2, 0.25) is 0 Å². The van der Waals surface area contributed by atoms with Gasteiger partial charge in [0.2, 0.25) is 0 Å². The summed E-state index contributed by atoms with van der Waals surface area (Å²) in [7, 11) is 1.24. The molecule has 0 amide bonds. The third-order valence-electron chi connectivity index (χ3n) is 4.55. The molecular formula is C20H17N5O3. The van der Waals surface area contributed by atoms with Crippen LogP contribution in [0.4, 0.5) is 0 Å². The van der Waals surface area contributed by atoms with Crippen LogP contribution in [-0.2, 0) is 11.3 Å². The molecule has 0 radical (unpaired) electrons. The summed E-state index contributed by atoms with van der Waals surface area (Å²) >= 11 is 0. The zero-order chi connectivity index (χ0) is 19.8. The van der Waals surface area contributed by atoms with Gasteiger partial charge in [-0.1, -0.05) is 6.07 Å². The largest absolute Gasteiger partial charge is 0.465 e. The van der Waals surface area contributed by atoms with Gasteiger partial charge < -0.3 is 9.30 Å². The Morgan fingerprint density at radius 3 is 2.68 bits per heavy atom. The molecule has 140 valence electrons. The number of methoxy groups -OCH3 is 1. The first kappa shape index (κ1) is 17.6. The van der Waals surface area contributed by atoms with Gasteiger partial charge in [-0.2, -0.15) is 0 Å². The van der Waals surface area contributed by atoms with Gasteiger partial charge in [-0.25, -0.2) is 9.78 Å². The van der Waals surface area contributed by atoms with Crippen molar-refractivity contribution in [1.29, 1.82) is 5.41 Å². The molecule has 4 aromatic heterocycles. The smallest absolute Gasteiger partial charge is 0.341 e. The first-order valence-electron chi connectivity index (χ1n) is 8.58. The molecule has 4 rings (SSSR count). The van der Waals surface area contributed by atoms with Crippen molar-refractivity contribution in [3.8, 4) is 0 Å². The number of carbonyl (C=O) groups excluding carboxylic acids is 1. The molecule has 8 nitrogen and oxygen atoms in total. The number of hydrogen-bond donors (Lipinski definition) is 1. The van der Waals surface area contributed by atoms with Crippen molar-refractivity contribution >= 4 is 22.6 Å². The molecule has 0 fully saturated rings. The second kappa shape index (κ2) is 6.73. The van der Waals surface area contributed by atoms with Crippen LogP contribution < -0.4 is 11.0 Å². The molecule has 0 atom stereocenters. The molecule has 1 N–H and O–H groups in total. The molecule has 0 bridgehead atoms. The lowest BCUT2D eigenvalue weighted by Gasteiger charge is -2.14. The van der Waals surface area contributed by atoms with E-state index in [2.05, 4.69) is 9.97 Å². The minimum absolute atomic E-state index is 0.00978. The first-order valence-corrected chi connectivity index (χ1v) is 8.58. The predicted octanol–water partition coefficient (Wildman–Crippen LogP) is 1.67. The Bertz CT molecular complexity index is 1340. The summed E-state index contributed by atoms with van der Waals surface area (Å²) in [5, 5.41) is 8.77. The van der Waals surface area contributed by atoms with Crippen molar-refractivity contribution in [2.24, 2.45) is 0 Å². The Morgan fingerprint density at radius 1 is 1.21 bits per heavy atom.